The van der Waals surface area contributed by atoms with Crippen molar-refractivity contribution in [3.05, 3.63) is 59.9 Å². The Kier molecular flexibility index (Phi) is 5.43. The Balaban J connectivity index is 1.31. The quantitative estimate of drug-likeness (QED) is 0.652. The van der Waals surface area contributed by atoms with Gasteiger partial charge >= 0.3 is 0 Å². The van der Waals surface area contributed by atoms with Crippen LogP contribution in [0, 0.1) is 0 Å². The van der Waals surface area contributed by atoms with Crippen LogP contribution >= 0.6 is 0 Å². The van der Waals surface area contributed by atoms with Gasteiger partial charge in [-0.3, -0.25) is 9.69 Å². The zero-order valence-corrected chi connectivity index (χ0v) is 15.9. The fraction of sp³-hybridized carbons (Fsp3) is 0.421. The topological polar surface area (TPSA) is 93.8 Å². The van der Waals surface area contributed by atoms with Gasteiger partial charge < -0.3 is 9.88 Å². The third kappa shape index (κ3) is 4.25. The van der Waals surface area contributed by atoms with Gasteiger partial charge in [0.1, 0.15) is 6.54 Å². The number of carbonyl (C=O) groups excluding carboxylic acids is 1. The number of carbonyl (C=O) groups is 1. The number of hydrogen-bond donors (Lipinski definition) is 1. The van der Waals surface area contributed by atoms with Crippen molar-refractivity contribution in [2.75, 3.05) is 13.1 Å². The number of nitrogens with zero attached hydrogens (tertiary/aromatic N) is 7. The lowest BCUT2D eigenvalue weighted by Crippen LogP contribution is -2.34. The Labute approximate surface area is 163 Å². The molecule has 0 bridgehead atoms. The SMILES string of the molecule is CC(CNC(=O)Cn1nnnc1CN1CCc2ccccc2C1)n1ccnc1. The van der Waals surface area contributed by atoms with Gasteiger partial charge in [-0.25, -0.2) is 9.67 Å². The summed E-state index contributed by atoms with van der Waals surface area (Å²) in [6.07, 6.45) is 6.37. The normalized spacial score (nSPS) is 15.2. The number of amides is 1. The summed E-state index contributed by atoms with van der Waals surface area (Å²) in [5.74, 6) is 0.599. The second kappa shape index (κ2) is 8.30. The average molecular weight is 380 g/mol. The van der Waals surface area contributed by atoms with Crippen molar-refractivity contribution in [2.45, 2.75) is 39.0 Å². The van der Waals surface area contributed by atoms with E-state index < -0.39 is 0 Å². The van der Waals surface area contributed by atoms with Gasteiger partial charge in [0.15, 0.2) is 5.82 Å². The molecule has 9 nitrogen and oxygen atoms in total. The Morgan fingerprint density at radius 1 is 1.29 bits per heavy atom. The van der Waals surface area contributed by atoms with E-state index in [1.54, 1.807) is 17.2 Å². The molecule has 1 atom stereocenters. The second-order valence-corrected chi connectivity index (χ2v) is 7.15. The molecular formula is C19H24N8O. The van der Waals surface area contributed by atoms with Crippen LogP contribution in [-0.4, -0.2) is 53.7 Å². The van der Waals surface area contributed by atoms with E-state index in [9.17, 15) is 4.79 Å². The van der Waals surface area contributed by atoms with E-state index in [4.69, 9.17) is 0 Å². The van der Waals surface area contributed by atoms with Crippen LogP contribution in [0.25, 0.3) is 0 Å². The molecule has 0 aliphatic carbocycles. The molecule has 146 valence electrons. The standard InChI is InChI=1S/C19H24N8O/c1-15(26-9-7-20-14-26)10-21-19(28)13-27-18(22-23-24-27)12-25-8-6-16-4-2-3-5-17(16)11-25/h2-5,7,9,14-15H,6,8,10-13H2,1H3,(H,21,28). The lowest BCUT2D eigenvalue weighted by Gasteiger charge is -2.28. The van der Waals surface area contributed by atoms with Gasteiger partial charge in [-0.05, 0) is 34.9 Å². The van der Waals surface area contributed by atoms with Crippen molar-refractivity contribution < 1.29 is 4.79 Å². The molecule has 1 unspecified atom stereocenters. The van der Waals surface area contributed by atoms with Crippen LogP contribution < -0.4 is 5.32 Å². The highest BCUT2D eigenvalue weighted by Crippen LogP contribution is 2.19. The maximum atomic E-state index is 12.3. The number of nitrogens with one attached hydrogen (secondary N) is 1. The summed E-state index contributed by atoms with van der Waals surface area (Å²) in [5, 5.41) is 14.8. The molecule has 28 heavy (non-hydrogen) atoms. The minimum absolute atomic E-state index is 0.107. The van der Waals surface area contributed by atoms with Gasteiger partial charge in [-0.15, -0.1) is 5.10 Å². The molecule has 1 amide bonds. The smallest absolute Gasteiger partial charge is 0.241 e. The molecule has 0 saturated heterocycles. The number of hydrogen-bond acceptors (Lipinski definition) is 6. The van der Waals surface area contributed by atoms with Gasteiger partial charge in [0, 0.05) is 38.1 Å². The predicted molar refractivity (Wildman–Crippen MR) is 102 cm³/mol. The first-order chi connectivity index (χ1) is 13.7. The molecule has 0 spiro atoms. The zero-order valence-electron chi connectivity index (χ0n) is 15.9. The van der Waals surface area contributed by atoms with Crippen LogP contribution in [0.5, 0.6) is 0 Å². The number of rotatable bonds is 7. The first-order valence-electron chi connectivity index (χ1n) is 9.47. The van der Waals surface area contributed by atoms with Crippen LogP contribution in [0.1, 0.15) is 29.9 Å². The molecule has 2 aromatic heterocycles. The van der Waals surface area contributed by atoms with Crippen molar-refractivity contribution in [2.24, 2.45) is 0 Å². The summed E-state index contributed by atoms with van der Waals surface area (Å²) in [7, 11) is 0. The van der Waals surface area contributed by atoms with Crippen LogP contribution in [0.4, 0.5) is 0 Å². The minimum atomic E-state index is -0.107. The molecule has 9 heteroatoms. The maximum absolute atomic E-state index is 12.3. The predicted octanol–water partition coefficient (Wildman–Crippen LogP) is 0.805. The molecule has 0 fully saturated rings. The van der Waals surface area contributed by atoms with Gasteiger partial charge in [0.25, 0.3) is 0 Å². The minimum Gasteiger partial charge on any atom is -0.352 e. The first-order valence-corrected chi connectivity index (χ1v) is 9.47. The number of benzene rings is 1. The zero-order chi connectivity index (χ0) is 19.3. The summed E-state index contributed by atoms with van der Waals surface area (Å²) in [5.41, 5.74) is 2.75. The molecule has 1 N–H and O–H groups in total. The molecular weight excluding hydrogens is 356 g/mol. The fourth-order valence-electron chi connectivity index (χ4n) is 3.44. The van der Waals surface area contributed by atoms with Crippen molar-refractivity contribution in [3.8, 4) is 0 Å². The summed E-state index contributed by atoms with van der Waals surface area (Å²) in [6, 6.07) is 8.64. The van der Waals surface area contributed by atoms with Crippen LogP contribution in [0.15, 0.2) is 43.0 Å². The van der Waals surface area contributed by atoms with E-state index in [2.05, 4.69) is 55.0 Å². The van der Waals surface area contributed by atoms with E-state index in [1.807, 2.05) is 17.7 Å². The average Bonchev–Trinajstić information content (AvgIpc) is 3.39. The molecule has 3 heterocycles. The largest absolute Gasteiger partial charge is 0.352 e. The van der Waals surface area contributed by atoms with Gasteiger partial charge in [-0.2, -0.15) is 0 Å². The molecule has 3 aromatic rings. The van der Waals surface area contributed by atoms with Gasteiger partial charge in [0.05, 0.1) is 12.9 Å². The van der Waals surface area contributed by atoms with E-state index in [1.165, 1.54) is 11.1 Å². The third-order valence-electron chi connectivity index (χ3n) is 5.10. The van der Waals surface area contributed by atoms with Crippen LogP contribution in [-0.2, 0) is 30.8 Å². The lowest BCUT2D eigenvalue weighted by atomic mass is 10.00. The molecule has 1 aliphatic heterocycles. The van der Waals surface area contributed by atoms with Crippen molar-refractivity contribution >= 4 is 5.91 Å². The first kappa shape index (κ1) is 18.3. The number of imidazole rings is 1. The second-order valence-electron chi connectivity index (χ2n) is 7.15. The van der Waals surface area contributed by atoms with Crippen molar-refractivity contribution in [1.29, 1.82) is 0 Å². The highest BCUT2D eigenvalue weighted by molar-refractivity contribution is 5.75. The summed E-state index contributed by atoms with van der Waals surface area (Å²) >= 11 is 0. The van der Waals surface area contributed by atoms with Gasteiger partial charge in [-0.1, -0.05) is 24.3 Å². The number of tetrazole rings is 1. The number of aromatic nitrogens is 6. The summed E-state index contributed by atoms with van der Waals surface area (Å²) < 4.78 is 3.54. The molecule has 0 radical (unpaired) electrons. The molecule has 4 rings (SSSR count). The van der Waals surface area contributed by atoms with E-state index in [-0.39, 0.29) is 18.5 Å². The maximum Gasteiger partial charge on any atom is 0.241 e. The van der Waals surface area contributed by atoms with Crippen LogP contribution in [0.2, 0.25) is 0 Å². The van der Waals surface area contributed by atoms with Gasteiger partial charge in [0.2, 0.25) is 5.91 Å². The monoisotopic (exact) mass is 380 g/mol. The molecule has 1 aliphatic rings. The highest BCUT2D eigenvalue weighted by Gasteiger charge is 2.19. The van der Waals surface area contributed by atoms with E-state index in [0.717, 1.165) is 19.5 Å². The van der Waals surface area contributed by atoms with Crippen molar-refractivity contribution in [3.63, 3.8) is 0 Å². The fourth-order valence-corrected chi connectivity index (χ4v) is 3.44. The van der Waals surface area contributed by atoms with Crippen LogP contribution in [0.3, 0.4) is 0 Å². The Bertz CT molecular complexity index is 920. The Hall–Kier alpha value is -3.07. The lowest BCUT2D eigenvalue weighted by molar-refractivity contribution is -0.122. The highest BCUT2D eigenvalue weighted by atomic mass is 16.2. The summed E-state index contributed by atoms with van der Waals surface area (Å²) in [4.78, 5) is 18.7. The van der Waals surface area contributed by atoms with Crippen molar-refractivity contribution in [1.82, 2.24) is 40.0 Å². The van der Waals surface area contributed by atoms with E-state index in [0.29, 0.717) is 18.9 Å². The third-order valence-corrected chi connectivity index (χ3v) is 5.10. The Morgan fingerprint density at radius 3 is 2.96 bits per heavy atom. The summed E-state index contributed by atoms with van der Waals surface area (Å²) in [6.45, 7) is 5.12. The Morgan fingerprint density at radius 2 is 2.14 bits per heavy atom. The van der Waals surface area contributed by atoms with E-state index >= 15 is 0 Å². The molecule has 0 saturated carbocycles. The number of fused-ring (bicyclic) bond motifs is 1. The molecule has 1 aromatic carbocycles.